The summed E-state index contributed by atoms with van der Waals surface area (Å²) >= 11 is 1.54. The first-order valence-corrected chi connectivity index (χ1v) is 7.36. The largest absolute Gasteiger partial charge is 0.420 e. The number of hydrogen-bond donors (Lipinski definition) is 1. The molecule has 0 aliphatic rings. The van der Waals surface area contributed by atoms with E-state index in [1.807, 2.05) is 30.3 Å². The highest BCUT2D eigenvalue weighted by atomic mass is 32.1. The van der Waals surface area contributed by atoms with Gasteiger partial charge in [0, 0.05) is 11.3 Å². The van der Waals surface area contributed by atoms with Crippen molar-refractivity contribution in [3.63, 3.8) is 0 Å². The zero-order valence-corrected chi connectivity index (χ0v) is 12.0. The smallest absolute Gasteiger partial charge is 0.408 e. The Balaban J connectivity index is 1.88. The molecular formula is C16H13NO3S. The van der Waals surface area contributed by atoms with Crippen LogP contribution in [-0.4, -0.2) is 16.3 Å². The van der Waals surface area contributed by atoms with Gasteiger partial charge in [0.2, 0.25) is 0 Å². The monoisotopic (exact) mass is 299 g/mol. The number of benzene rings is 1. The van der Waals surface area contributed by atoms with E-state index in [0.29, 0.717) is 18.5 Å². The third-order valence-electron chi connectivity index (χ3n) is 3.00. The minimum atomic E-state index is -0.350. The predicted molar refractivity (Wildman–Crippen MR) is 82.5 cm³/mol. The molecule has 0 amide bonds. The number of aliphatic hydroxyl groups is 1. The van der Waals surface area contributed by atoms with E-state index in [0.717, 1.165) is 15.3 Å². The summed E-state index contributed by atoms with van der Waals surface area (Å²) in [6.45, 7) is 0.545. The maximum atomic E-state index is 11.9. The zero-order valence-electron chi connectivity index (χ0n) is 11.2. The Morgan fingerprint density at radius 3 is 2.95 bits per heavy atom. The zero-order chi connectivity index (χ0) is 14.7. The van der Waals surface area contributed by atoms with E-state index in [9.17, 15) is 4.79 Å². The first kappa shape index (κ1) is 13.7. The number of oxazole rings is 1. The van der Waals surface area contributed by atoms with E-state index >= 15 is 0 Å². The molecule has 0 radical (unpaired) electrons. The summed E-state index contributed by atoms with van der Waals surface area (Å²) in [5.41, 5.74) is 1.39. The van der Waals surface area contributed by atoms with Crippen molar-refractivity contribution in [3.8, 4) is 11.8 Å². The van der Waals surface area contributed by atoms with Gasteiger partial charge in [-0.25, -0.2) is 4.79 Å². The molecule has 2 aromatic heterocycles. The molecule has 2 heterocycles. The van der Waals surface area contributed by atoms with Crippen molar-refractivity contribution in [2.75, 3.05) is 6.61 Å². The van der Waals surface area contributed by atoms with Crippen molar-refractivity contribution < 1.29 is 9.52 Å². The Hall–Kier alpha value is -2.29. The number of rotatable bonds is 3. The predicted octanol–water partition coefficient (Wildman–Crippen LogP) is 2.44. The van der Waals surface area contributed by atoms with Gasteiger partial charge in [-0.1, -0.05) is 24.0 Å². The van der Waals surface area contributed by atoms with Crippen molar-refractivity contribution in [3.05, 3.63) is 56.7 Å². The molecule has 106 valence electrons. The maximum absolute atomic E-state index is 11.9. The number of thiophene rings is 1. The molecule has 21 heavy (non-hydrogen) atoms. The summed E-state index contributed by atoms with van der Waals surface area (Å²) in [6, 6.07) is 11.3. The van der Waals surface area contributed by atoms with E-state index < -0.39 is 0 Å². The Bertz CT molecular complexity index is 876. The van der Waals surface area contributed by atoms with Crippen LogP contribution in [0, 0.1) is 11.8 Å². The highest BCUT2D eigenvalue weighted by Gasteiger charge is 2.09. The van der Waals surface area contributed by atoms with Crippen molar-refractivity contribution in [1.82, 2.24) is 4.57 Å². The van der Waals surface area contributed by atoms with Crippen LogP contribution in [0.5, 0.6) is 0 Å². The molecule has 3 rings (SSSR count). The van der Waals surface area contributed by atoms with Gasteiger partial charge in [0.1, 0.15) is 0 Å². The van der Waals surface area contributed by atoms with Crippen LogP contribution in [0.2, 0.25) is 0 Å². The van der Waals surface area contributed by atoms with Crippen molar-refractivity contribution in [2.24, 2.45) is 0 Å². The highest BCUT2D eigenvalue weighted by Crippen LogP contribution is 2.19. The van der Waals surface area contributed by atoms with Crippen LogP contribution in [0.3, 0.4) is 0 Å². The van der Waals surface area contributed by atoms with Crippen LogP contribution in [0.25, 0.3) is 11.1 Å². The molecule has 0 spiro atoms. The lowest BCUT2D eigenvalue weighted by atomic mass is 10.3. The molecule has 0 bridgehead atoms. The van der Waals surface area contributed by atoms with E-state index in [4.69, 9.17) is 9.52 Å². The van der Waals surface area contributed by atoms with Gasteiger partial charge in [0.25, 0.3) is 0 Å². The standard InChI is InChI=1S/C16H13NO3S/c18-10-4-3-5-12-8-9-13(21-12)11-17-14-6-1-2-7-15(14)20-16(17)19/h1-2,6-9,18H,4,10-11H2. The summed E-state index contributed by atoms with van der Waals surface area (Å²) in [7, 11) is 0. The van der Waals surface area contributed by atoms with Crippen LogP contribution in [-0.2, 0) is 6.54 Å². The van der Waals surface area contributed by atoms with E-state index in [-0.39, 0.29) is 12.4 Å². The third-order valence-corrected chi connectivity index (χ3v) is 3.98. The fourth-order valence-electron chi connectivity index (χ4n) is 2.06. The second kappa shape index (κ2) is 6.00. The van der Waals surface area contributed by atoms with Gasteiger partial charge in [0.15, 0.2) is 5.58 Å². The lowest BCUT2D eigenvalue weighted by molar-refractivity contribution is 0.305. The van der Waals surface area contributed by atoms with Crippen LogP contribution in [0.15, 0.2) is 45.6 Å². The Morgan fingerprint density at radius 2 is 2.10 bits per heavy atom. The molecule has 0 saturated heterocycles. The minimum absolute atomic E-state index is 0.0711. The second-order valence-electron chi connectivity index (χ2n) is 4.46. The third kappa shape index (κ3) is 2.92. The number of fused-ring (bicyclic) bond motifs is 1. The fourth-order valence-corrected chi connectivity index (χ4v) is 2.93. The van der Waals surface area contributed by atoms with Crippen LogP contribution < -0.4 is 5.76 Å². The summed E-state index contributed by atoms with van der Waals surface area (Å²) < 4.78 is 6.83. The van der Waals surface area contributed by atoms with Gasteiger partial charge >= 0.3 is 5.76 Å². The molecule has 0 fully saturated rings. The average molecular weight is 299 g/mol. The van der Waals surface area contributed by atoms with Gasteiger partial charge in [0.05, 0.1) is 23.5 Å². The lowest BCUT2D eigenvalue weighted by Crippen LogP contribution is -2.14. The Labute approximate surface area is 125 Å². The molecule has 0 atom stereocenters. The minimum Gasteiger partial charge on any atom is -0.408 e. The summed E-state index contributed by atoms with van der Waals surface area (Å²) in [5, 5.41) is 8.70. The summed E-state index contributed by atoms with van der Waals surface area (Å²) in [6.07, 6.45) is 0.471. The van der Waals surface area contributed by atoms with Gasteiger partial charge in [-0.05, 0) is 24.3 Å². The first-order chi connectivity index (χ1) is 10.3. The second-order valence-corrected chi connectivity index (χ2v) is 5.63. The van der Waals surface area contributed by atoms with Crippen molar-refractivity contribution in [2.45, 2.75) is 13.0 Å². The highest BCUT2D eigenvalue weighted by molar-refractivity contribution is 7.12. The van der Waals surface area contributed by atoms with Gasteiger partial charge < -0.3 is 9.52 Å². The number of aromatic nitrogens is 1. The molecular weight excluding hydrogens is 286 g/mol. The maximum Gasteiger partial charge on any atom is 0.420 e. The van der Waals surface area contributed by atoms with E-state index in [1.54, 1.807) is 22.0 Å². The summed E-state index contributed by atoms with van der Waals surface area (Å²) in [5.74, 6) is 5.53. The van der Waals surface area contributed by atoms with Crippen molar-refractivity contribution >= 4 is 22.4 Å². The number of aliphatic hydroxyl groups excluding tert-OH is 1. The number of para-hydroxylation sites is 2. The Morgan fingerprint density at radius 1 is 1.24 bits per heavy atom. The molecule has 0 aliphatic heterocycles. The SMILES string of the molecule is O=c1oc2ccccc2n1Cc1ccc(C#CCCO)s1. The molecule has 4 nitrogen and oxygen atoms in total. The van der Waals surface area contributed by atoms with Gasteiger partial charge in [-0.3, -0.25) is 4.57 Å². The molecule has 0 unspecified atom stereocenters. The number of hydrogen-bond acceptors (Lipinski definition) is 4. The average Bonchev–Trinajstić information content (AvgIpc) is 3.05. The topological polar surface area (TPSA) is 55.4 Å². The molecule has 3 aromatic rings. The normalized spacial score (nSPS) is 10.5. The Kier molecular flexibility index (Phi) is 3.91. The molecule has 0 saturated carbocycles. The molecule has 1 aromatic carbocycles. The quantitative estimate of drug-likeness (QED) is 0.756. The van der Waals surface area contributed by atoms with E-state index in [1.165, 1.54) is 0 Å². The lowest BCUT2D eigenvalue weighted by Gasteiger charge is -1.98. The van der Waals surface area contributed by atoms with Gasteiger partial charge in [-0.15, -0.1) is 11.3 Å². The van der Waals surface area contributed by atoms with Crippen LogP contribution in [0.1, 0.15) is 16.2 Å². The van der Waals surface area contributed by atoms with Crippen LogP contribution >= 0.6 is 11.3 Å². The molecule has 1 N–H and O–H groups in total. The molecule has 5 heteroatoms. The number of nitrogens with zero attached hydrogens (tertiary/aromatic N) is 1. The van der Waals surface area contributed by atoms with Gasteiger partial charge in [-0.2, -0.15) is 0 Å². The van der Waals surface area contributed by atoms with Crippen molar-refractivity contribution in [1.29, 1.82) is 0 Å². The summed E-state index contributed by atoms with van der Waals surface area (Å²) in [4.78, 5) is 13.9. The van der Waals surface area contributed by atoms with Crippen LogP contribution in [0.4, 0.5) is 0 Å². The van der Waals surface area contributed by atoms with E-state index in [2.05, 4.69) is 11.8 Å². The molecule has 0 aliphatic carbocycles. The first-order valence-electron chi connectivity index (χ1n) is 6.55. The fraction of sp³-hybridized carbons (Fsp3) is 0.188.